The summed E-state index contributed by atoms with van der Waals surface area (Å²) >= 11 is 0. The lowest BCUT2D eigenvalue weighted by atomic mass is 10.1. The van der Waals surface area contributed by atoms with Crippen molar-refractivity contribution in [3.63, 3.8) is 0 Å². The quantitative estimate of drug-likeness (QED) is 0.816. The normalized spacial score (nSPS) is 23.8. The van der Waals surface area contributed by atoms with E-state index in [-0.39, 0.29) is 24.3 Å². The van der Waals surface area contributed by atoms with Gasteiger partial charge in [-0.15, -0.1) is 0 Å². The zero-order valence-corrected chi connectivity index (χ0v) is 11.8. The Labute approximate surface area is 122 Å². The van der Waals surface area contributed by atoms with Crippen LogP contribution in [0.15, 0.2) is 24.3 Å². The number of carbonyl (C=O) groups is 3. The Hall–Kier alpha value is -2.37. The summed E-state index contributed by atoms with van der Waals surface area (Å²) < 4.78 is 0. The third kappa shape index (κ3) is 2.49. The number of nitrogens with one attached hydrogen (secondary N) is 2. The molecular formula is C15H17N3O3. The van der Waals surface area contributed by atoms with Crippen molar-refractivity contribution < 1.29 is 14.4 Å². The van der Waals surface area contributed by atoms with Crippen LogP contribution in [-0.2, 0) is 16.1 Å². The molecule has 2 aliphatic rings. The molecule has 1 aromatic rings. The Morgan fingerprint density at radius 2 is 2.10 bits per heavy atom. The Kier molecular flexibility index (Phi) is 3.37. The molecule has 2 unspecified atom stereocenters. The van der Waals surface area contributed by atoms with Gasteiger partial charge in [-0.25, -0.2) is 4.79 Å². The molecule has 110 valence electrons. The third-order valence-electron chi connectivity index (χ3n) is 4.14. The number of hydrogen-bond acceptors (Lipinski definition) is 3. The van der Waals surface area contributed by atoms with Crippen LogP contribution >= 0.6 is 0 Å². The molecule has 21 heavy (non-hydrogen) atoms. The fourth-order valence-electron chi connectivity index (χ4n) is 2.95. The first-order valence-electron chi connectivity index (χ1n) is 7.05. The van der Waals surface area contributed by atoms with Gasteiger partial charge in [-0.05, 0) is 24.5 Å². The average Bonchev–Trinajstić information content (AvgIpc) is 2.97. The van der Waals surface area contributed by atoms with E-state index in [1.165, 1.54) is 11.1 Å². The first-order valence-corrected chi connectivity index (χ1v) is 7.05. The van der Waals surface area contributed by atoms with Gasteiger partial charge in [0.05, 0.1) is 6.04 Å². The molecule has 0 spiro atoms. The number of nitrogens with zero attached hydrogens (tertiary/aromatic N) is 1. The summed E-state index contributed by atoms with van der Waals surface area (Å²) in [5.41, 5.74) is 2.35. The van der Waals surface area contributed by atoms with Crippen molar-refractivity contribution in [1.29, 1.82) is 0 Å². The van der Waals surface area contributed by atoms with E-state index < -0.39 is 12.1 Å². The van der Waals surface area contributed by atoms with Crippen LogP contribution in [0.3, 0.4) is 0 Å². The van der Waals surface area contributed by atoms with Gasteiger partial charge < -0.3 is 10.2 Å². The Balaban J connectivity index is 1.60. The molecule has 1 aromatic carbocycles. The molecule has 0 aromatic heterocycles. The number of imide groups is 1. The maximum Gasteiger partial charge on any atom is 0.322 e. The molecule has 3 rings (SSSR count). The van der Waals surface area contributed by atoms with E-state index in [0.717, 1.165) is 0 Å². The molecule has 2 aliphatic heterocycles. The van der Waals surface area contributed by atoms with E-state index in [4.69, 9.17) is 0 Å². The highest BCUT2D eigenvalue weighted by Gasteiger charge is 2.33. The number of urea groups is 1. The Morgan fingerprint density at radius 3 is 2.76 bits per heavy atom. The molecular weight excluding hydrogens is 270 g/mol. The highest BCUT2D eigenvalue weighted by molar-refractivity contribution is 6.04. The topological polar surface area (TPSA) is 78.5 Å². The van der Waals surface area contributed by atoms with Crippen LogP contribution in [0.1, 0.15) is 36.9 Å². The summed E-state index contributed by atoms with van der Waals surface area (Å²) in [5, 5.41) is 4.68. The van der Waals surface area contributed by atoms with Gasteiger partial charge in [0.15, 0.2) is 0 Å². The number of benzene rings is 1. The number of rotatable bonds is 3. The number of hydrogen-bond donors (Lipinski definition) is 2. The van der Waals surface area contributed by atoms with Crippen LogP contribution in [-0.4, -0.2) is 28.8 Å². The molecule has 6 nitrogen and oxygen atoms in total. The minimum atomic E-state index is -0.596. The van der Waals surface area contributed by atoms with E-state index in [9.17, 15) is 14.4 Å². The zero-order valence-electron chi connectivity index (χ0n) is 11.8. The summed E-state index contributed by atoms with van der Waals surface area (Å²) in [6.07, 6.45) is 0.576. The number of fused-ring (bicyclic) bond motifs is 1. The van der Waals surface area contributed by atoms with E-state index in [0.29, 0.717) is 13.0 Å². The summed E-state index contributed by atoms with van der Waals surface area (Å²) in [6.45, 7) is 2.62. The second-order valence-corrected chi connectivity index (χ2v) is 5.45. The molecule has 1 saturated heterocycles. The van der Waals surface area contributed by atoms with Crippen molar-refractivity contribution in [2.75, 3.05) is 0 Å². The maximum absolute atomic E-state index is 12.4. The van der Waals surface area contributed by atoms with E-state index >= 15 is 0 Å². The van der Waals surface area contributed by atoms with E-state index in [1.54, 1.807) is 0 Å². The van der Waals surface area contributed by atoms with Crippen molar-refractivity contribution >= 4 is 17.8 Å². The van der Waals surface area contributed by atoms with Crippen molar-refractivity contribution in [2.45, 2.75) is 38.4 Å². The van der Waals surface area contributed by atoms with Crippen molar-refractivity contribution in [1.82, 2.24) is 15.5 Å². The van der Waals surface area contributed by atoms with Crippen LogP contribution in [0, 0.1) is 0 Å². The minimum absolute atomic E-state index is 0.00708. The fourth-order valence-corrected chi connectivity index (χ4v) is 2.95. The minimum Gasteiger partial charge on any atom is -0.332 e. The average molecular weight is 287 g/mol. The summed E-state index contributed by atoms with van der Waals surface area (Å²) in [7, 11) is 0. The second-order valence-electron chi connectivity index (χ2n) is 5.45. The summed E-state index contributed by atoms with van der Waals surface area (Å²) in [6, 6.07) is 6.99. The van der Waals surface area contributed by atoms with Crippen LogP contribution in [0.2, 0.25) is 0 Å². The van der Waals surface area contributed by atoms with Gasteiger partial charge in [0.1, 0.15) is 6.04 Å². The Bertz CT molecular complexity index is 614. The molecule has 6 heteroatoms. The molecule has 2 atom stereocenters. The predicted octanol–water partition coefficient (Wildman–Crippen LogP) is 1.08. The lowest BCUT2D eigenvalue weighted by Crippen LogP contribution is -2.33. The van der Waals surface area contributed by atoms with Gasteiger partial charge >= 0.3 is 6.03 Å². The standard InChI is InChI=1S/C15H17N3O3/c1-9-11-5-3-2-4-10(11)8-18(9)13(19)7-6-12-14(20)17-15(21)16-12/h2-5,9,12H,6-8H2,1H3,(H2,16,17,20,21). The lowest BCUT2D eigenvalue weighted by molar-refractivity contribution is -0.133. The third-order valence-corrected chi connectivity index (χ3v) is 4.14. The van der Waals surface area contributed by atoms with Gasteiger partial charge in [-0.2, -0.15) is 0 Å². The van der Waals surface area contributed by atoms with Crippen LogP contribution in [0.5, 0.6) is 0 Å². The fraction of sp³-hybridized carbons (Fsp3) is 0.400. The highest BCUT2D eigenvalue weighted by atomic mass is 16.2. The molecule has 0 aliphatic carbocycles. The molecule has 4 amide bonds. The summed E-state index contributed by atoms with van der Waals surface area (Å²) in [4.78, 5) is 36.6. The van der Waals surface area contributed by atoms with Crippen molar-refractivity contribution in [2.24, 2.45) is 0 Å². The number of amides is 4. The maximum atomic E-state index is 12.4. The largest absolute Gasteiger partial charge is 0.332 e. The second kappa shape index (κ2) is 5.20. The predicted molar refractivity (Wildman–Crippen MR) is 75.1 cm³/mol. The van der Waals surface area contributed by atoms with E-state index in [2.05, 4.69) is 10.6 Å². The van der Waals surface area contributed by atoms with Gasteiger partial charge in [-0.3, -0.25) is 14.9 Å². The smallest absolute Gasteiger partial charge is 0.322 e. The van der Waals surface area contributed by atoms with Gasteiger partial charge in [0.25, 0.3) is 5.91 Å². The van der Waals surface area contributed by atoms with E-state index in [1.807, 2.05) is 36.1 Å². The first kappa shape index (κ1) is 13.6. The monoisotopic (exact) mass is 287 g/mol. The van der Waals surface area contributed by atoms with Crippen molar-refractivity contribution in [3.8, 4) is 0 Å². The highest BCUT2D eigenvalue weighted by Crippen LogP contribution is 2.33. The van der Waals surface area contributed by atoms with Crippen molar-refractivity contribution in [3.05, 3.63) is 35.4 Å². The molecule has 0 radical (unpaired) electrons. The van der Waals surface area contributed by atoms with Crippen LogP contribution in [0.25, 0.3) is 0 Å². The molecule has 0 bridgehead atoms. The molecule has 2 N–H and O–H groups in total. The van der Waals surface area contributed by atoms with Crippen LogP contribution in [0.4, 0.5) is 4.79 Å². The lowest BCUT2D eigenvalue weighted by Gasteiger charge is -2.22. The van der Waals surface area contributed by atoms with Gasteiger partial charge in [0, 0.05) is 13.0 Å². The van der Waals surface area contributed by atoms with Gasteiger partial charge in [-0.1, -0.05) is 24.3 Å². The zero-order chi connectivity index (χ0) is 15.0. The van der Waals surface area contributed by atoms with Crippen LogP contribution < -0.4 is 10.6 Å². The SMILES string of the molecule is CC1c2ccccc2CN1C(=O)CCC1NC(=O)NC1=O. The number of carbonyl (C=O) groups excluding carboxylic acids is 3. The Morgan fingerprint density at radius 1 is 1.33 bits per heavy atom. The molecule has 0 saturated carbocycles. The molecule has 2 heterocycles. The van der Waals surface area contributed by atoms with Gasteiger partial charge in [0.2, 0.25) is 5.91 Å². The first-order chi connectivity index (χ1) is 10.1. The summed E-state index contributed by atoms with van der Waals surface area (Å²) in [5.74, 6) is -0.349. The molecule has 1 fully saturated rings.